The Labute approximate surface area is 143 Å². The zero-order chi connectivity index (χ0) is 15.8. The molecular weight excluding hydrogens is 324 g/mol. The monoisotopic (exact) mass is 336 g/mol. The van der Waals surface area contributed by atoms with Gasteiger partial charge in [0.25, 0.3) is 0 Å². The van der Waals surface area contributed by atoms with Crippen molar-refractivity contribution in [3.05, 3.63) is 72.6 Å². The van der Waals surface area contributed by atoms with Gasteiger partial charge in [-0.05, 0) is 35.3 Å². The van der Waals surface area contributed by atoms with Crippen LogP contribution in [0.25, 0.3) is 10.8 Å². The van der Waals surface area contributed by atoms with Crippen molar-refractivity contribution in [2.24, 2.45) is 0 Å². The minimum absolute atomic E-state index is 0.0164. The fourth-order valence-electron chi connectivity index (χ4n) is 2.84. The lowest BCUT2D eigenvalue weighted by molar-refractivity contribution is -0.111. The number of carbonyl (C=O) groups is 1. The molecule has 1 fully saturated rings. The normalized spacial score (nSPS) is 17.9. The summed E-state index contributed by atoms with van der Waals surface area (Å²) in [5, 5.41) is 2.07. The van der Waals surface area contributed by atoms with Crippen LogP contribution >= 0.6 is 24.0 Å². The second kappa shape index (κ2) is 5.76. The standard InChI is InChI=1S/C18H12N2OS2/c21-17-16(15-14-9-5-4-6-12(14)10-11-19-15)20(18(22)23-17)13-7-2-1-3-8-13/h1-11,16H. The first-order valence-electron chi connectivity index (χ1n) is 7.19. The number of thiocarbonyl (C=S) groups is 1. The van der Waals surface area contributed by atoms with Gasteiger partial charge in [-0.2, -0.15) is 0 Å². The van der Waals surface area contributed by atoms with Crippen molar-refractivity contribution in [1.29, 1.82) is 0 Å². The Morgan fingerprint density at radius 3 is 2.57 bits per heavy atom. The van der Waals surface area contributed by atoms with Gasteiger partial charge in [-0.3, -0.25) is 9.78 Å². The smallest absolute Gasteiger partial charge is 0.224 e. The molecule has 1 aliphatic heterocycles. The van der Waals surface area contributed by atoms with Crippen LogP contribution in [0.2, 0.25) is 0 Å². The highest BCUT2D eigenvalue weighted by atomic mass is 32.2. The van der Waals surface area contributed by atoms with Crippen molar-refractivity contribution in [2.75, 3.05) is 4.90 Å². The van der Waals surface area contributed by atoms with E-state index in [0.29, 0.717) is 4.32 Å². The third-order valence-electron chi connectivity index (χ3n) is 3.86. The topological polar surface area (TPSA) is 33.2 Å². The van der Waals surface area contributed by atoms with E-state index in [1.807, 2.05) is 65.6 Å². The van der Waals surface area contributed by atoms with Crippen molar-refractivity contribution in [3.63, 3.8) is 0 Å². The molecule has 0 spiro atoms. The molecule has 1 unspecified atom stereocenters. The van der Waals surface area contributed by atoms with E-state index < -0.39 is 6.04 Å². The molecule has 1 atom stereocenters. The van der Waals surface area contributed by atoms with Gasteiger partial charge in [0.1, 0.15) is 10.4 Å². The lowest BCUT2D eigenvalue weighted by Gasteiger charge is -2.24. The summed E-state index contributed by atoms with van der Waals surface area (Å²) in [5.41, 5.74) is 1.67. The Morgan fingerprint density at radius 2 is 1.74 bits per heavy atom. The summed E-state index contributed by atoms with van der Waals surface area (Å²) in [5.74, 6) is 0. The molecule has 2 aromatic carbocycles. The van der Waals surface area contributed by atoms with Crippen LogP contribution in [-0.2, 0) is 4.79 Å². The number of nitrogens with zero attached hydrogens (tertiary/aromatic N) is 2. The largest absolute Gasteiger partial charge is 0.310 e. The number of pyridine rings is 1. The van der Waals surface area contributed by atoms with Crippen LogP contribution < -0.4 is 4.90 Å². The molecule has 0 N–H and O–H groups in total. The van der Waals surface area contributed by atoms with E-state index in [1.165, 1.54) is 0 Å². The fraction of sp³-hybridized carbons (Fsp3) is 0.0556. The van der Waals surface area contributed by atoms with E-state index >= 15 is 0 Å². The summed E-state index contributed by atoms with van der Waals surface area (Å²) in [6.45, 7) is 0. The molecule has 4 rings (SSSR count). The second-order valence-corrected chi connectivity index (χ2v) is 6.85. The Bertz CT molecular complexity index is 906. The van der Waals surface area contributed by atoms with Crippen LogP contribution in [0.3, 0.4) is 0 Å². The molecule has 2 heterocycles. The first-order chi connectivity index (χ1) is 11.3. The van der Waals surface area contributed by atoms with E-state index in [-0.39, 0.29) is 5.12 Å². The summed E-state index contributed by atoms with van der Waals surface area (Å²) < 4.78 is 0.570. The highest BCUT2D eigenvalue weighted by molar-refractivity contribution is 8.33. The first-order valence-corrected chi connectivity index (χ1v) is 8.42. The van der Waals surface area contributed by atoms with Crippen LogP contribution in [0.15, 0.2) is 66.9 Å². The summed E-state index contributed by atoms with van der Waals surface area (Å²) in [6, 6.07) is 19.2. The number of thioether (sulfide) groups is 1. The van der Waals surface area contributed by atoms with Crippen molar-refractivity contribution in [3.8, 4) is 0 Å². The zero-order valence-corrected chi connectivity index (χ0v) is 13.7. The Hall–Kier alpha value is -2.24. The Balaban J connectivity index is 1.91. The van der Waals surface area contributed by atoms with Gasteiger partial charge < -0.3 is 4.90 Å². The molecule has 0 bridgehead atoms. The van der Waals surface area contributed by atoms with Crippen molar-refractivity contribution in [2.45, 2.75) is 6.04 Å². The van der Waals surface area contributed by atoms with Crippen LogP contribution in [0.5, 0.6) is 0 Å². The summed E-state index contributed by atoms with van der Waals surface area (Å²) >= 11 is 6.55. The zero-order valence-electron chi connectivity index (χ0n) is 12.0. The lowest BCUT2D eigenvalue weighted by Crippen LogP contribution is -2.28. The molecule has 0 saturated carbocycles. The second-order valence-electron chi connectivity index (χ2n) is 5.21. The first kappa shape index (κ1) is 14.4. The van der Waals surface area contributed by atoms with Gasteiger partial charge in [0.2, 0.25) is 5.12 Å². The van der Waals surface area contributed by atoms with E-state index in [4.69, 9.17) is 12.2 Å². The maximum Gasteiger partial charge on any atom is 0.224 e. The molecule has 0 amide bonds. The predicted octanol–water partition coefficient (Wildman–Crippen LogP) is 4.34. The average Bonchev–Trinajstić information content (AvgIpc) is 2.89. The number of benzene rings is 2. The molecule has 3 nitrogen and oxygen atoms in total. The third kappa shape index (κ3) is 2.42. The minimum atomic E-state index is -0.485. The van der Waals surface area contributed by atoms with Gasteiger partial charge in [0.05, 0.1) is 5.69 Å². The minimum Gasteiger partial charge on any atom is -0.310 e. The molecule has 1 aliphatic rings. The summed E-state index contributed by atoms with van der Waals surface area (Å²) in [6.07, 6.45) is 1.75. The predicted molar refractivity (Wildman–Crippen MR) is 98.6 cm³/mol. The molecule has 23 heavy (non-hydrogen) atoms. The number of fused-ring (bicyclic) bond motifs is 1. The molecular formula is C18H12N2OS2. The molecule has 1 aromatic heterocycles. The van der Waals surface area contributed by atoms with Gasteiger partial charge in [-0.1, -0.05) is 54.7 Å². The lowest BCUT2D eigenvalue weighted by atomic mass is 10.0. The van der Waals surface area contributed by atoms with Crippen LogP contribution in [-0.4, -0.2) is 14.4 Å². The van der Waals surface area contributed by atoms with Crippen molar-refractivity contribution < 1.29 is 4.79 Å². The quantitative estimate of drug-likeness (QED) is 0.650. The van der Waals surface area contributed by atoms with E-state index in [0.717, 1.165) is 33.9 Å². The van der Waals surface area contributed by atoms with Crippen LogP contribution in [0, 0.1) is 0 Å². The molecule has 0 aliphatic carbocycles. The third-order valence-corrected chi connectivity index (χ3v) is 5.11. The van der Waals surface area contributed by atoms with Gasteiger partial charge in [-0.25, -0.2) is 0 Å². The van der Waals surface area contributed by atoms with Gasteiger partial charge in [0, 0.05) is 17.3 Å². The number of hydrogen-bond acceptors (Lipinski definition) is 4. The molecule has 1 saturated heterocycles. The van der Waals surface area contributed by atoms with Crippen LogP contribution in [0.1, 0.15) is 11.7 Å². The van der Waals surface area contributed by atoms with Crippen molar-refractivity contribution in [1.82, 2.24) is 4.98 Å². The number of hydrogen-bond donors (Lipinski definition) is 0. The molecule has 5 heteroatoms. The SMILES string of the molecule is O=C1SC(=S)N(c2ccccc2)C1c1nccc2ccccc12. The summed E-state index contributed by atoms with van der Waals surface area (Å²) in [4.78, 5) is 19.0. The van der Waals surface area contributed by atoms with Crippen LogP contribution in [0.4, 0.5) is 5.69 Å². The maximum absolute atomic E-state index is 12.6. The Morgan fingerprint density at radius 1 is 1.00 bits per heavy atom. The van der Waals surface area contributed by atoms with Gasteiger partial charge in [-0.15, -0.1) is 0 Å². The number of para-hydroxylation sites is 1. The number of aromatic nitrogens is 1. The number of rotatable bonds is 2. The van der Waals surface area contributed by atoms with E-state index in [9.17, 15) is 4.79 Å². The molecule has 112 valence electrons. The van der Waals surface area contributed by atoms with Gasteiger partial charge in [0.15, 0.2) is 0 Å². The maximum atomic E-state index is 12.6. The molecule has 3 aromatic rings. The number of anilines is 1. The average molecular weight is 336 g/mol. The van der Waals surface area contributed by atoms with Crippen molar-refractivity contribution >= 4 is 49.9 Å². The Kier molecular flexibility index (Phi) is 3.59. The molecule has 0 radical (unpaired) electrons. The fourth-order valence-corrected chi connectivity index (χ4v) is 4.11. The van der Waals surface area contributed by atoms with Gasteiger partial charge >= 0.3 is 0 Å². The number of carbonyl (C=O) groups excluding carboxylic acids is 1. The van der Waals surface area contributed by atoms with E-state index in [1.54, 1.807) is 6.20 Å². The summed E-state index contributed by atoms with van der Waals surface area (Å²) in [7, 11) is 0. The van der Waals surface area contributed by atoms with E-state index in [2.05, 4.69) is 4.98 Å². The highest BCUT2D eigenvalue weighted by Crippen LogP contribution is 2.41. The highest BCUT2D eigenvalue weighted by Gasteiger charge is 2.40.